The van der Waals surface area contributed by atoms with Gasteiger partial charge in [-0.05, 0) is 36.1 Å². The highest BCUT2D eigenvalue weighted by molar-refractivity contribution is 7.09. The molecule has 0 spiro atoms. The molecule has 0 unspecified atom stereocenters. The van der Waals surface area contributed by atoms with E-state index in [4.69, 9.17) is 9.94 Å². The average molecular weight is 275 g/mol. The quantitative estimate of drug-likeness (QED) is 0.495. The van der Waals surface area contributed by atoms with E-state index < -0.39 is 0 Å². The molecular formula is C15H17NO2S. The van der Waals surface area contributed by atoms with E-state index in [0.29, 0.717) is 18.7 Å². The first-order valence-corrected chi connectivity index (χ1v) is 7.07. The summed E-state index contributed by atoms with van der Waals surface area (Å²) in [6.45, 7) is 2.49. The Morgan fingerprint density at radius 3 is 2.68 bits per heavy atom. The fraction of sp³-hybridized carbons (Fsp3) is 0.267. The van der Waals surface area contributed by atoms with Crippen molar-refractivity contribution in [1.82, 2.24) is 0 Å². The summed E-state index contributed by atoms with van der Waals surface area (Å²) in [5.74, 6) is 0.874. The van der Waals surface area contributed by atoms with Crippen LogP contribution in [0.4, 0.5) is 0 Å². The third-order valence-corrected chi connectivity index (χ3v) is 3.69. The van der Waals surface area contributed by atoms with Crippen LogP contribution in [0, 0.1) is 0 Å². The van der Waals surface area contributed by atoms with Crippen molar-refractivity contribution in [1.29, 1.82) is 0 Å². The number of ether oxygens (including phenoxy) is 1. The van der Waals surface area contributed by atoms with Crippen molar-refractivity contribution in [2.75, 3.05) is 6.61 Å². The Labute approximate surface area is 117 Å². The fourth-order valence-corrected chi connectivity index (χ4v) is 2.45. The van der Waals surface area contributed by atoms with Gasteiger partial charge in [-0.3, -0.25) is 0 Å². The topological polar surface area (TPSA) is 41.8 Å². The number of oxime groups is 1. The zero-order chi connectivity index (χ0) is 13.5. The van der Waals surface area contributed by atoms with Crippen LogP contribution in [0.5, 0.6) is 5.75 Å². The van der Waals surface area contributed by atoms with Crippen molar-refractivity contribution in [2.45, 2.75) is 19.8 Å². The second-order valence-electron chi connectivity index (χ2n) is 4.33. The van der Waals surface area contributed by atoms with Crippen LogP contribution in [0.15, 0.2) is 46.9 Å². The average Bonchev–Trinajstić information content (AvgIpc) is 2.94. The molecule has 1 aromatic carbocycles. The van der Waals surface area contributed by atoms with E-state index in [0.717, 1.165) is 17.7 Å². The van der Waals surface area contributed by atoms with Crippen molar-refractivity contribution in [2.24, 2.45) is 5.16 Å². The van der Waals surface area contributed by atoms with Gasteiger partial charge in [-0.2, -0.15) is 0 Å². The number of hydrogen-bond donors (Lipinski definition) is 1. The minimum atomic E-state index is 0.659. The summed E-state index contributed by atoms with van der Waals surface area (Å²) in [5, 5.41) is 13.9. The Kier molecular flexibility index (Phi) is 4.98. The van der Waals surface area contributed by atoms with Gasteiger partial charge in [-0.15, -0.1) is 11.3 Å². The highest BCUT2D eigenvalue weighted by Gasteiger charge is 1.99. The van der Waals surface area contributed by atoms with Gasteiger partial charge < -0.3 is 9.94 Å². The second kappa shape index (κ2) is 6.95. The Morgan fingerprint density at radius 2 is 2.05 bits per heavy atom. The summed E-state index contributed by atoms with van der Waals surface area (Å²) in [7, 11) is 0. The molecule has 0 fully saturated rings. The minimum absolute atomic E-state index is 0.659. The summed E-state index contributed by atoms with van der Waals surface area (Å²) in [6.07, 6.45) is 1.60. The molecule has 3 nitrogen and oxygen atoms in total. The lowest BCUT2D eigenvalue weighted by molar-refractivity contribution is 0.317. The van der Waals surface area contributed by atoms with Crippen molar-refractivity contribution in [3.63, 3.8) is 0 Å². The molecule has 2 rings (SSSR count). The summed E-state index contributed by atoms with van der Waals surface area (Å²) in [5.41, 5.74) is 1.81. The van der Waals surface area contributed by atoms with Crippen LogP contribution in [0.1, 0.15) is 17.4 Å². The molecule has 0 aliphatic carbocycles. The molecule has 0 amide bonds. The molecular weight excluding hydrogens is 258 g/mol. The number of benzene rings is 1. The molecule has 19 heavy (non-hydrogen) atoms. The van der Waals surface area contributed by atoms with E-state index in [2.05, 4.69) is 22.7 Å². The van der Waals surface area contributed by atoms with Gasteiger partial charge in [0.1, 0.15) is 5.75 Å². The molecule has 0 saturated carbocycles. The molecule has 1 N–H and O–H groups in total. The van der Waals surface area contributed by atoms with Gasteiger partial charge in [0.15, 0.2) is 0 Å². The zero-order valence-corrected chi connectivity index (χ0v) is 11.7. The summed E-state index contributed by atoms with van der Waals surface area (Å²) >= 11 is 1.75. The lowest BCUT2D eigenvalue weighted by atomic mass is 10.1. The predicted octanol–water partition coefficient (Wildman–Crippen LogP) is 3.76. The van der Waals surface area contributed by atoms with Crippen LogP contribution in [0.2, 0.25) is 0 Å². The maximum absolute atomic E-state index is 8.62. The van der Waals surface area contributed by atoms with Gasteiger partial charge in [-0.1, -0.05) is 23.4 Å². The highest BCUT2D eigenvalue weighted by Crippen LogP contribution is 2.14. The Hall–Kier alpha value is -1.81. The fourth-order valence-electron chi connectivity index (χ4n) is 1.76. The van der Waals surface area contributed by atoms with Crippen molar-refractivity contribution in [3.05, 3.63) is 52.2 Å². The Balaban J connectivity index is 1.81. The standard InChI is InChI=1S/C15H17NO2S/c1-12(16-17)11-13-4-6-14(7-5-13)18-9-8-15-3-2-10-19-15/h2-7,10,17H,8-9,11H2,1H3/b16-12-. The number of thiophene rings is 1. The molecule has 0 aliphatic heterocycles. The second-order valence-corrected chi connectivity index (χ2v) is 5.37. The smallest absolute Gasteiger partial charge is 0.119 e. The van der Waals surface area contributed by atoms with Crippen LogP contribution < -0.4 is 4.74 Å². The summed E-state index contributed by atoms with van der Waals surface area (Å²) in [6, 6.07) is 12.1. The predicted molar refractivity (Wildman–Crippen MR) is 78.6 cm³/mol. The SMILES string of the molecule is C/C(Cc1ccc(OCCc2cccs2)cc1)=N/O. The van der Waals surface area contributed by atoms with Crippen molar-refractivity contribution >= 4 is 17.0 Å². The molecule has 0 radical (unpaired) electrons. The monoisotopic (exact) mass is 275 g/mol. The number of nitrogens with zero attached hydrogens (tertiary/aromatic N) is 1. The highest BCUT2D eigenvalue weighted by atomic mass is 32.1. The van der Waals surface area contributed by atoms with Gasteiger partial charge in [0, 0.05) is 17.7 Å². The van der Waals surface area contributed by atoms with Gasteiger partial charge in [-0.25, -0.2) is 0 Å². The van der Waals surface area contributed by atoms with Crippen LogP contribution in [-0.2, 0) is 12.8 Å². The van der Waals surface area contributed by atoms with E-state index in [1.165, 1.54) is 4.88 Å². The third kappa shape index (κ3) is 4.41. The van der Waals surface area contributed by atoms with E-state index in [9.17, 15) is 0 Å². The van der Waals surface area contributed by atoms with Crippen LogP contribution in [0.3, 0.4) is 0 Å². The number of hydrogen-bond acceptors (Lipinski definition) is 4. The first-order chi connectivity index (χ1) is 9.28. The zero-order valence-electron chi connectivity index (χ0n) is 10.9. The van der Waals surface area contributed by atoms with E-state index >= 15 is 0 Å². The van der Waals surface area contributed by atoms with Crippen LogP contribution in [0.25, 0.3) is 0 Å². The lowest BCUT2D eigenvalue weighted by Gasteiger charge is -2.06. The molecule has 4 heteroatoms. The maximum Gasteiger partial charge on any atom is 0.119 e. The van der Waals surface area contributed by atoms with E-state index in [-0.39, 0.29) is 0 Å². The first-order valence-electron chi connectivity index (χ1n) is 6.19. The van der Waals surface area contributed by atoms with Gasteiger partial charge >= 0.3 is 0 Å². The van der Waals surface area contributed by atoms with Gasteiger partial charge in [0.25, 0.3) is 0 Å². The molecule has 0 saturated heterocycles. The normalized spacial score (nSPS) is 11.5. The molecule has 2 aromatic rings. The van der Waals surface area contributed by atoms with Gasteiger partial charge in [0.2, 0.25) is 0 Å². The molecule has 0 aliphatic rings. The molecule has 1 heterocycles. The first kappa shape index (κ1) is 13.6. The molecule has 0 bridgehead atoms. The maximum atomic E-state index is 8.62. The van der Waals surface area contributed by atoms with Crippen molar-refractivity contribution < 1.29 is 9.94 Å². The van der Waals surface area contributed by atoms with Gasteiger partial charge in [0.05, 0.1) is 12.3 Å². The molecule has 0 atom stereocenters. The Morgan fingerprint density at radius 1 is 1.26 bits per heavy atom. The Bertz CT molecular complexity index is 518. The van der Waals surface area contributed by atoms with Crippen LogP contribution in [-0.4, -0.2) is 17.5 Å². The van der Waals surface area contributed by atoms with E-state index in [1.807, 2.05) is 24.3 Å². The van der Waals surface area contributed by atoms with Crippen LogP contribution >= 0.6 is 11.3 Å². The van der Waals surface area contributed by atoms with Crippen molar-refractivity contribution in [3.8, 4) is 5.75 Å². The molecule has 100 valence electrons. The summed E-state index contributed by atoms with van der Waals surface area (Å²) < 4.78 is 5.69. The minimum Gasteiger partial charge on any atom is -0.493 e. The van der Waals surface area contributed by atoms with E-state index in [1.54, 1.807) is 18.3 Å². The molecule has 1 aromatic heterocycles. The number of rotatable bonds is 6. The lowest BCUT2D eigenvalue weighted by Crippen LogP contribution is -2.01. The third-order valence-electron chi connectivity index (χ3n) is 2.75. The summed E-state index contributed by atoms with van der Waals surface area (Å²) in [4.78, 5) is 1.34. The largest absolute Gasteiger partial charge is 0.493 e.